The first kappa shape index (κ1) is 20.5. The summed E-state index contributed by atoms with van der Waals surface area (Å²) in [7, 11) is 0. The summed E-state index contributed by atoms with van der Waals surface area (Å²) >= 11 is 0. The number of nitrogens with zero attached hydrogens (tertiary/aromatic N) is 3. The highest BCUT2D eigenvalue weighted by molar-refractivity contribution is 14.0. The van der Waals surface area contributed by atoms with Gasteiger partial charge in [-0.1, -0.05) is 18.2 Å². The van der Waals surface area contributed by atoms with E-state index in [2.05, 4.69) is 27.3 Å². The highest BCUT2D eigenvalue weighted by Gasteiger charge is 2.21. The minimum Gasteiger partial charge on any atom is -0.370 e. The number of para-hydroxylation sites is 1. The Kier molecular flexibility index (Phi) is 7.78. The van der Waals surface area contributed by atoms with Gasteiger partial charge in [-0.05, 0) is 32.9 Å². The van der Waals surface area contributed by atoms with Crippen LogP contribution in [0.25, 0.3) is 0 Å². The Morgan fingerprint density at radius 2 is 1.75 bits per heavy atom. The number of nitrogens with two attached hydrogens (primary N) is 1. The summed E-state index contributed by atoms with van der Waals surface area (Å²) in [6, 6.07) is 10.3. The number of hydrogen-bond donors (Lipinski definition) is 2. The number of piperazine rings is 1. The van der Waals surface area contributed by atoms with Gasteiger partial charge in [0, 0.05) is 37.4 Å². The zero-order chi connectivity index (χ0) is 16.9. The summed E-state index contributed by atoms with van der Waals surface area (Å²) in [6.45, 7) is 9.22. The molecule has 1 aliphatic heterocycles. The maximum atomic E-state index is 12.2. The second-order valence-corrected chi connectivity index (χ2v) is 6.78. The minimum absolute atomic E-state index is 0. The summed E-state index contributed by atoms with van der Waals surface area (Å²) in [6.07, 6.45) is 0. The molecule has 1 aliphatic rings. The summed E-state index contributed by atoms with van der Waals surface area (Å²) in [5, 5.41) is 3.05. The van der Waals surface area contributed by atoms with Gasteiger partial charge in [-0.25, -0.2) is 4.99 Å². The van der Waals surface area contributed by atoms with Crippen molar-refractivity contribution in [2.24, 2.45) is 10.7 Å². The van der Waals surface area contributed by atoms with Gasteiger partial charge in [0.05, 0.1) is 0 Å². The Balaban J connectivity index is 0.00000288. The maximum Gasteiger partial charge on any atom is 0.244 e. The van der Waals surface area contributed by atoms with Crippen LogP contribution in [0.1, 0.15) is 20.8 Å². The molecule has 0 aromatic heterocycles. The van der Waals surface area contributed by atoms with E-state index in [0.29, 0.717) is 5.96 Å². The van der Waals surface area contributed by atoms with Gasteiger partial charge < -0.3 is 20.9 Å². The van der Waals surface area contributed by atoms with Crippen LogP contribution in [0.5, 0.6) is 0 Å². The van der Waals surface area contributed by atoms with Gasteiger partial charge in [0.25, 0.3) is 0 Å². The number of anilines is 1. The minimum atomic E-state index is -0.155. The van der Waals surface area contributed by atoms with E-state index >= 15 is 0 Å². The molecule has 1 saturated heterocycles. The van der Waals surface area contributed by atoms with Gasteiger partial charge in [0.15, 0.2) is 5.96 Å². The number of guanidine groups is 1. The van der Waals surface area contributed by atoms with Crippen LogP contribution < -0.4 is 16.0 Å². The first-order chi connectivity index (χ1) is 10.8. The van der Waals surface area contributed by atoms with Crippen LogP contribution >= 0.6 is 24.0 Å². The lowest BCUT2D eigenvalue weighted by Gasteiger charge is -2.36. The fraction of sp³-hybridized carbons (Fsp3) is 0.529. The largest absolute Gasteiger partial charge is 0.370 e. The molecular weight excluding hydrogens is 417 g/mol. The average Bonchev–Trinajstić information content (AvgIpc) is 2.52. The molecule has 0 saturated carbocycles. The molecule has 0 bridgehead atoms. The van der Waals surface area contributed by atoms with Gasteiger partial charge in [0.2, 0.25) is 5.91 Å². The smallest absolute Gasteiger partial charge is 0.244 e. The van der Waals surface area contributed by atoms with Crippen molar-refractivity contribution in [1.82, 2.24) is 10.2 Å². The Morgan fingerprint density at radius 3 is 2.29 bits per heavy atom. The maximum absolute atomic E-state index is 12.2. The van der Waals surface area contributed by atoms with Gasteiger partial charge in [-0.2, -0.15) is 0 Å². The first-order valence-electron chi connectivity index (χ1n) is 8.01. The molecule has 24 heavy (non-hydrogen) atoms. The molecule has 134 valence electrons. The number of amides is 1. The first-order valence-corrected chi connectivity index (χ1v) is 8.01. The van der Waals surface area contributed by atoms with Gasteiger partial charge in [-0.3, -0.25) is 4.79 Å². The molecule has 6 nitrogen and oxygen atoms in total. The topological polar surface area (TPSA) is 74.0 Å². The van der Waals surface area contributed by atoms with Gasteiger partial charge in [-0.15, -0.1) is 24.0 Å². The summed E-state index contributed by atoms with van der Waals surface area (Å²) < 4.78 is 0. The van der Waals surface area contributed by atoms with Crippen molar-refractivity contribution in [2.75, 3.05) is 37.6 Å². The van der Waals surface area contributed by atoms with Crippen LogP contribution in [0.4, 0.5) is 5.69 Å². The van der Waals surface area contributed by atoms with Gasteiger partial charge >= 0.3 is 0 Å². The van der Waals surface area contributed by atoms with Crippen molar-refractivity contribution in [3.05, 3.63) is 30.3 Å². The zero-order valence-corrected chi connectivity index (χ0v) is 17.0. The standard InChI is InChI=1S/C17H27N5O.HI/c1-17(2,3)20-16(18)19-13-15(23)22-11-9-21(10-12-22)14-7-5-4-6-8-14;/h4-8H,9-13H2,1-3H3,(H3,18,19,20);1H. The second kappa shape index (κ2) is 9.10. The van der Waals surface area contributed by atoms with E-state index in [4.69, 9.17) is 5.73 Å². The Hall–Kier alpha value is -1.51. The fourth-order valence-corrected chi connectivity index (χ4v) is 2.53. The number of carbonyl (C=O) groups is 1. The molecule has 0 radical (unpaired) electrons. The molecule has 0 spiro atoms. The number of rotatable bonds is 3. The van der Waals surface area contributed by atoms with Crippen LogP contribution in [0.3, 0.4) is 0 Å². The van der Waals surface area contributed by atoms with Crippen LogP contribution in [0.15, 0.2) is 35.3 Å². The highest BCUT2D eigenvalue weighted by atomic mass is 127. The third-order valence-electron chi connectivity index (χ3n) is 3.64. The Morgan fingerprint density at radius 1 is 1.17 bits per heavy atom. The predicted octanol–water partition coefficient (Wildman–Crippen LogP) is 1.66. The molecule has 0 unspecified atom stereocenters. The average molecular weight is 445 g/mol. The molecule has 1 fully saturated rings. The van der Waals surface area contributed by atoms with Crippen molar-refractivity contribution in [1.29, 1.82) is 0 Å². The SMILES string of the molecule is CC(C)(C)NC(N)=NCC(=O)N1CCN(c2ccccc2)CC1.I. The summed E-state index contributed by atoms with van der Waals surface area (Å²) in [5.41, 5.74) is 6.85. The van der Waals surface area contributed by atoms with E-state index in [1.165, 1.54) is 5.69 Å². The third-order valence-corrected chi connectivity index (χ3v) is 3.64. The number of nitrogens with one attached hydrogen (secondary N) is 1. The van der Waals surface area contributed by atoms with Gasteiger partial charge in [0.1, 0.15) is 6.54 Å². The lowest BCUT2D eigenvalue weighted by Crippen LogP contribution is -2.50. The fourth-order valence-electron chi connectivity index (χ4n) is 2.53. The number of aliphatic imine (C=N–C) groups is 1. The molecule has 1 aromatic rings. The van der Waals surface area contributed by atoms with Crippen molar-refractivity contribution in [3.63, 3.8) is 0 Å². The van der Waals surface area contributed by atoms with Crippen LogP contribution in [-0.2, 0) is 4.79 Å². The number of halogens is 1. The Labute approximate surface area is 161 Å². The molecule has 1 heterocycles. The summed E-state index contributed by atoms with van der Waals surface area (Å²) in [5.74, 6) is 0.338. The zero-order valence-electron chi connectivity index (χ0n) is 14.7. The Bertz CT molecular complexity index is 548. The quantitative estimate of drug-likeness (QED) is 0.422. The van der Waals surface area contributed by atoms with Crippen LogP contribution in [-0.4, -0.2) is 55.0 Å². The molecule has 1 aromatic carbocycles. The molecule has 0 aliphatic carbocycles. The molecule has 1 amide bonds. The number of hydrogen-bond acceptors (Lipinski definition) is 3. The van der Waals surface area contributed by atoms with Crippen molar-refractivity contribution in [3.8, 4) is 0 Å². The molecule has 2 rings (SSSR count). The lowest BCUT2D eigenvalue weighted by molar-refractivity contribution is -0.129. The van der Waals surface area contributed by atoms with E-state index < -0.39 is 0 Å². The number of benzene rings is 1. The van der Waals surface area contributed by atoms with E-state index in [1.807, 2.05) is 43.9 Å². The molecule has 0 atom stereocenters. The van der Waals surface area contributed by atoms with Crippen molar-refractivity contribution >= 4 is 41.5 Å². The monoisotopic (exact) mass is 445 g/mol. The normalized spacial score (nSPS) is 15.7. The van der Waals surface area contributed by atoms with Crippen LogP contribution in [0, 0.1) is 0 Å². The highest BCUT2D eigenvalue weighted by Crippen LogP contribution is 2.15. The lowest BCUT2D eigenvalue weighted by atomic mass is 10.1. The summed E-state index contributed by atoms with van der Waals surface area (Å²) in [4.78, 5) is 20.5. The predicted molar refractivity (Wildman–Crippen MR) is 110 cm³/mol. The van der Waals surface area contributed by atoms with Crippen LogP contribution in [0.2, 0.25) is 0 Å². The van der Waals surface area contributed by atoms with Crippen molar-refractivity contribution < 1.29 is 4.79 Å². The second-order valence-electron chi connectivity index (χ2n) is 6.78. The molecule has 3 N–H and O–H groups in total. The number of carbonyl (C=O) groups excluding carboxylic acids is 1. The van der Waals surface area contributed by atoms with E-state index in [0.717, 1.165) is 26.2 Å². The van der Waals surface area contributed by atoms with E-state index in [-0.39, 0.29) is 42.0 Å². The van der Waals surface area contributed by atoms with E-state index in [9.17, 15) is 4.79 Å². The van der Waals surface area contributed by atoms with E-state index in [1.54, 1.807) is 0 Å². The van der Waals surface area contributed by atoms with Crippen molar-refractivity contribution in [2.45, 2.75) is 26.3 Å². The third kappa shape index (κ3) is 6.54. The molecule has 7 heteroatoms. The molecular formula is C17H28IN5O.